The Morgan fingerprint density at radius 1 is 1.30 bits per heavy atom. The van der Waals surface area contributed by atoms with Crippen LogP contribution in [0, 0.1) is 11.7 Å². The first-order chi connectivity index (χ1) is 12.4. The van der Waals surface area contributed by atoms with Gasteiger partial charge in [-0.15, -0.1) is 0 Å². The summed E-state index contributed by atoms with van der Waals surface area (Å²) < 4.78 is 13.5. The summed E-state index contributed by atoms with van der Waals surface area (Å²) in [5.41, 5.74) is 2.48. The van der Waals surface area contributed by atoms with Crippen LogP contribution < -0.4 is 0 Å². The van der Waals surface area contributed by atoms with Crippen molar-refractivity contribution >= 4 is 23.2 Å². The average molecular weight is 394 g/mol. The van der Waals surface area contributed by atoms with E-state index in [-0.39, 0.29) is 17.2 Å². The number of benzene rings is 1. The van der Waals surface area contributed by atoms with Gasteiger partial charge in [0.05, 0.1) is 17.8 Å². The zero-order valence-corrected chi connectivity index (χ0v) is 16.2. The van der Waals surface area contributed by atoms with Crippen LogP contribution in [0.1, 0.15) is 24.8 Å². The standard InChI is InChI=1S/C20H23ClFN3O.H2O/c1-14-3-4-19(23-24(14)2)13-20(26)25-7-5-15(6-8-25)9-16-10-17(21)12-18(22)11-16;/h3-4,10-12,15H,1,5-9,13H2,2H3;1H2. The molecule has 0 atom stereocenters. The van der Waals surface area contributed by atoms with E-state index in [1.165, 1.54) is 6.07 Å². The molecular weight excluding hydrogens is 369 g/mol. The van der Waals surface area contributed by atoms with Gasteiger partial charge < -0.3 is 10.4 Å². The Hall–Kier alpha value is -2.18. The number of hydrogen-bond donors (Lipinski definition) is 0. The summed E-state index contributed by atoms with van der Waals surface area (Å²) in [7, 11) is 1.82. The number of allylic oxidation sites excluding steroid dienone is 2. The number of rotatable bonds is 4. The smallest absolute Gasteiger partial charge is 0.228 e. The molecule has 0 aromatic heterocycles. The van der Waals surface area contributed by atoms with Gasteiger partial charge in [0.25, 0.3) is 0 Å². The molecular formula is C20H25ClFN3O2. The maximum atomic E-state index is 13.5. The zero-order chi connectivity index (χ0) is 18.7. The minimum Gasteiger partial charge on any atom is -0.412 e. The van der Waals surface area contributed by atoms with Crippen LogP contribution in [-0.2, 0) is 11.2 Å². The lowest BCUT2D eigenvalue weighted by atomic mass is 9.90. The highest BCUT2D eigenvalue weighted by molar-refractivity contribution is 6.30. The van der Waals surface area contributed by atoms with E-state index in [4.69, 9.17) is 11.6 Å². The van der Waals surface area contributed by atoms with Crippen molar-refractivity contribution in [3.05, 3.63) is 59.0 Å². The Bertz CT molecular complexity index is 750. The lowest BCUT2D eigenvalue weighted by Crippen LogP contribution is -2.39. The van der Waals surface area contributed by atoms with Gasteiger partial charge in [0, 0.05) is 25.2 Å². The number of halogens is 2. The Morgan fingerprint density at radius 2 is 2.00 bits per heavy atom. The molecule has 27 heavy (non-hydrogen) atoms. The Morgan fingerprint density at radius 3 is 2.63 bits per heavy atom. The molecule has 2 aliphatic heterocycles. The summed E-state index contributed by atoms with van der Waals surface area (Å²) in [6.07, 6.45) is 6.64. The summed E-state index contributed by atoms with van der Waals surface area (Å²) in [6.45, 7) is 5.31. The van der Waals surface area contributed by atoms with E-state index in [0.29, 0.717) is 17.4 Å². The molecule has 2 N–H and O–H groups in total. The van der Waals surface area contributed by atoms with Crippen LogP contribution in [0.5, 0.6) is 0 Å². The van der Waals surface area contributed by atoms with Crippen molar-refractivity contribution in [1.29, 1.82) is 0 Å². The minimum absolute atomic E-state index is 0. The topological polar surface area (TPSA) is 67.4 Å². The van der Waals surface area contributed by atoms with Crippen molar-refractivity contribution in [3.63, 3.8) is 0 Å². The number of amides is 1. The second-order valence-corrected chi connectivity index (χ2v) is 7.36. The molecule has 2 heterocycles. The zero-order valence-electron chi connectivity index (χ0n) is 15.4. The summed E-state index contributed by atoms with van der Waals surface area (Å²) in [6, 6.07) is 4.68. The van der Waals surface area contributed by atoms with Crippen molar-refractivity contribution in [2.75, 3.05) is 20.1 Å². The predicted octanol–water partition coefficient (Wildman–Crippen LogP) is 3.20. The highest BCUT2D eigenvalue weighted by Crippen LogP contribution is 2.24. The first-order valence-corrected chi connectivity index (χ1v) is 9.19. The number of likely N-dealkylation sites (N-methyl/N-ethyl adjacent to an activating group) is 1. The lowest BCUT2D eigenvalue weighted by molar-refractivity contribution is -0.131. The van der Waals surface area contributed by atoms with Crippen LogP contribution >= 0.6 is 11.6 Å². The molecule has 1 aromatic carbocycles. The highest BCUT2D eigenvalue weighted by Gasteiger charge is 2.24. The van der Waals surface area contributed by atoms with E-state index in [9.17, 15) is 9.18 Å². The Balaban J connectivity index is 0.00000261. The van der Waals surface area contributed by atoms with Crippen molar-refractivity contribution in [1.82, 2.24) is 9.91 Å². The number of likely N-dealkylation sites (tertiary alicyclic amines) is 1. The van der Waals surface area contributed by atoms with Crippen molar-refractivity contribution in [2.24, 2.45) is 11.0 Å². The van der Waals surface area contributed by atoms with E-state index >= 15 is 0 Å². The normalized spacial score (nSPS) is 17.6. The van der Waals surface area contributed by atoms with Crippen molar-refractivity contribution < 1.29 is 14.7 Å². The van der Waals surface area contributed by atoms with Crippen LogP contribution in [-0.4, -0.2) is 47.1 Å². The van der Waals surface area contributed by atoms with Gasteiger partial charge in [-0.25, -0.2) is 4.39 Å². The second kappa shape index (κ2) is 9.15. The van der Waals surface area contributed by atoms with Crippen LogP contribution in [0.2, 0.25) is 5.02 Å². The molecule has 1 saturated heterocycles. The molecule has 0 saturated carbocycles. The van der Waals surface area contributed by atoms with Crippen LogP contribution in [0.3, 0.4) is 0 Å². The number of hydrazone groups is 1. The fourth-order valence-electron chi connectivity index (χ4n) is 3.40. The number of carbonyl (C=O) groups excluding carboxylic acids is 1. The van der Waals surface area contributed by atoms with Gasteiger partial charge >= 0.3 is 0 Å². The van der Waals surface area contributed by atoms with Gasteiger partial charge in [0.15, 0.2) is 0 Å². The summed E-state index contributed by atoms with van der Waals surface area (Å²) in [5.74, 6) is 0.244. The molecule has 5 nitrogen and oxygen atoms in total. The number of hydrogen-bond acceptors (Lipinski definition) is 3. The first kappa shape index (κ1) is 21.1. The lowest BCUT2D eigenvalue weighted by Gasteiger charge is -2.32. The van der Waals surface area contributed by atoms with Crippen LogP contribution in [0.25, 0.3) is 0 Å². The molecule has 0 spiro atoms. The summed E-state index contributed by atoms with van der Waals surface area (Å²) in [5, 5.41) is 6.47. The molecule has 1 fully saturated rings. The van der Waals surface area contributed by atoms with Gasteiger partial charge in [-0.2, -0.15) is 5.10 Å². The maximum Gasteiger partial charge on any atom is 0.228 e. The van der Waals surface area contributed by atoms with E-state index in [1.54, 1.807) is 11.1 Å². The largest absolute Gasteiger partial charge is 0.412 e. The quantitative estimate of drug-likeness (QED) is 0.788. The third kappa shape index (κ3) is 5.65. The van der Waals surface area contributed by atoms with E-state index in [1.807, 2.05) is 30.2 Å². The minimum atomic E-state index is -0.297. The van der Waals surface area contributed by atoms with Crippen LogP contribution in [0.4, 0.5) is 4.39 Å². The maximum absolute atomic E-state index is 13.5. The Kier molecular flexibility index (Phi) is 7.16. The molecule has 1 amide bonds. The molecule has 0 bridgehead atoms. The van der Waals surface area contributed by atoms with Gasteiger partial charge in [-0.1, -0.05) is 18.2 Å². The van der Waals surface area contributed by atoms with Gasteiger partial charge in [-0.05, 0) is 61.1 Å². The second-order valence-electron chi connectivity index (χ2n) is 6.92. The van der Waals surface area contributed by atoms with E-state index < -0.39 is 0 Å². The highest BCUT2D eigenvalue weighted by atomic mass is 35.5. The van der Waals surface area contributed by atoms with Crippen molar-refractivity contribution in [2.45, 2.75) is 25.7 Å². The van der Waals surface area contributed by atoms with Crippen molar-refractivity contribution in [3.8, 4) is 0 Å². The van der Waals surface area contributed by atoms with E-state index in [0.717, 1.165) is 49.3 Å². The third-order valence-corrected chi connectivity index (χ3v) is 5.13. The van der Waals surface area contributed by atoms with Gasteiger partial charge in [0.2, 0.25) is 5.91 Å². The first-order valence-electron chi connectivity index (χ1n) is 8.81. The molecule has 146 valence electrons. The molecule has 0 aliphatic carbocycles. The Labute approximate surface area is 164 Å². The summed E-state index contributed by atoms with van der Waals surface area (Å²) in [4.78, 5) is 14.4. The molecule has 7 heteroatoms. The van der Waals surface area contributed by atoms with Gasteiger partial charge in [0.1, 0.15) is 5.82 Å². The SMILES string of the molecule is C=C1C=CC(CC(=O)N2CCC(Cc3cc(F)cc(Cl)c3)CC2)=NN1C.O. The van der Waals surface area contributed by atoms with E-state index in [2.05, 4.69) is 11.7 Å². The fourth-order valence-corrected chi connectivity index (χ4v) is 3.64. The molecule has 0 unspecified atom stereocenters. The molecule has 2 aliphatic rings. The molecule has 0 radical (unpaired) electrons. The third-order valence-electron chi connectivity index (χ3n) is 4.91. The molecule has 3 rings (SSSR count). The van der Waals surface area contributed by atoms with Crippen LogP contribution in [0.15, 0.2) is 47.7 Å². The molecule has 1 aromatic rings. The monoisotopic (exact) mass is 393 g/mol. The average Bonchev–Trinajstić information content (AvgIpc) is 2.58. The number of carbonyl (C=O) groups is 1. The number of nitrogens with zero attached hydrogens (tertiary/aromatic N) is 3. The summed E-state index contributed by atoms with van der Waals surface area (Å²) >= 11 is 5.93. The van der Waals surface area contributed by atoms with Gasteiger partial charge in [-0.3, -0.25) is 9.80 Å². The number of piperidine rings is 1. The fraction of sp³-hybridized carbons (Fsp3) is 0.400. The predicted molar refractivity (Wildman–Crippen MR) is 106 cm³/mol.